The maximum absolute atomic E-state index is 13.9. The second kappa shape index (κ2) is 4.19. The van der Waals surface area contributed by atoms with Crippen LogP contribution in [-0.4, -0.2) is 25.4 Å². The second-order valence-electron chi connectivity index (χ2n) is 4.63. The molecule has 3 rings (SSSR count). The van der Waals surface area contributed by atoms with Gasteiger partial charge in [-0.1, -0.05) is 12.1 Å². The van der Waals surface area contributed by atoms with Gasteiger partial charge in [0.15, 0.2) is 5.69 Å². The van der Waals surface area contributed by atoms with E-state index in [0.29, 0.717) is 11.2 Å². The zero-order chi connectivity index (χ0) is 14.4. The smallest absolute Gasteiger partial charge is 0.356 e. The summed E-state index contributed by atoms with van der Waals surface area (Å²) in [6, 6.07) is 6.33. The number of carbonyl (C=O) groups is 1. The van der Waals surface area contributed by atoms with E-state index in [2.05, 4.69) is 5.10 Å². The predicted octanol–water partition coefficient (Wildman–Crippen LogP) is 2.42. The van der Waals surface area contributed by atoms with Crippen LogP contribution in [0.3, 0.4) is 0 Å². The Morgan fingerprint density at radius 3 is 2.75 bits per heavy atom. The Bertz CT molecular complexity index is 832. The third-order valence-electron chi connectivity index (χ3n) is 3.33. The zero-order valence-corrected chi connectivity index (χ0v) is 11.0. The fourth-order valence-electron chi connectivity index (χ4n) is 2.45. The van der Waals surface area contributed by atoms with Crippen LogP contribution in [0.15, 0.2) is 30.5 Å². The molecule has 2 aromatic heterocycles. The second-order valence-corrected chi connectivity index (χ2v) is 4.63. The summed E-state index contributed by atoms with van der Waals surface area (Å²) >= 11 is 0. The van der Waals surface area contributed by atoms with Crippen molar-refractivity contribution in [3.63, 3.8) is 0 Å². The first-order valence-electron chi connectivity index (χ1n) is 6.00. The van der Waals surface area contributed by atoms with Gasteiger partial charge in [0.25, 0.3) is 0 Å². The van der Waals surface area contributed by atoms with Crippen LogP contribution in [0.1, 0.15) is 10.5 Å². The zero-order valence-electron chi connectivity index (χ0n) is 11.0. The van der Waals surface area contributed by atoms with Crippen molar-refractivity contribution in [3.05, 3.63) is 42.0 Å². The molecule has 0 aliphatic heterocycles. The highest BCUT2D eigenvalue weighted by Gasteiger charge is 2.17. The number of nitrogens with zero attached hydrogens (tertiary/aromatic N) is 3. The minimum Gasteiger partial charge on any atom is -0.476 e. The molecule has 0 aliphatic rings. The summed E-state index contributed by atoms with van der Waals surface area (Å²) in [5, 5.41) is 13.7. The summed E-state index contributed by atoms with van der Waals surface area (Å²) in [4.78, 5) is 11.0. The molecule has 3 aromatic rings. The minimum absolute atomic E-state index is 0.0316. The highest BCUT2D eigenvalue weighted by molar-refractivity contribution is 5.97. The Morgan fingerprint density at radius 1 is 1.35 bits per heavy atom. The van der Waals surface area contributed by atoms with Crippen molar-refractivity contribution in [2.75, 3.05) is 0 Å². The van der Waals surface area contributed by atoms with E-state index in [-0.39, 0.29) is 11.5 Å². The van der Waals surface area contributed by atoms with E-state index in [1.54, 1.807) is 37.0 Å². The van der Waals surface area contributed by atoms with Gasteiger partial charge in [0, 0.05) is 31.2 Å². The van der Waals surface area contributed by atoms with Crippen molar-refractivity contribution < 1.29 is 14.3 Å². The Balaban J connectivity index is 2.30. The van der Waals surface area contributed by atoms with Gasteiger partial charge in [-0.15, -0.1) is 0 Å². The number of benzene rings is 1. The van der Waals surface area contributed by atoms with Crippen LogP contribution in [0, 0.1) is 5.82 Å². The molecule has 0 saturated carbocycles. The van der Waals surface area contributed by atoms with Crippen molar-refractivity contribution in [1.82, 2.24) is 14.3 Å². The molecule has 1 aromatic carbocycles. The van der Waals surface area contributed by atoms with Crippen LogP contribution < -0.4 is 0 Å². The summed E-state index contributed by atoms with van der Waals surface area (Å²) in [6.07, 6.45) is 1.77. The van der Waals surface area contributed by atoms with E-state index in [4.69, 9.17) is 5.11 Å². The summed E-state index contributed by atoms with van der Waals surface area (Å²) < 4.78 is 17.0. The average molecular weight is 273 g/mol. The molecule has 102 valence electrons. The maximum atomic E-state index is 13.9. The van der Waals surface area contributed by atoms with Gasteiger partial charge >= 0.3 is 5.97 Å². The van der Waals surface area contributed by atoms with Gasteiger partial charge in [-0.05, 0) is 12.1 Å². The molecule has 0 radical (unpaired) electrons. The highest BCUT2D eigenvalue weighted by Crippen LogP contribution is 2.31. The molecule has 1 N–H and O–H groups in total. The average Bonchev–Trinajstić information content (AvgIpc) is 2.92. The molecule has 2 heterocycles. The molecule has 6 heteroatoms. The first-order chi connectivity index (χ1) is 9.49. The lowest BCUT2D eigenvalue weighted by atomic mass is 10.1. The topological polar surface area (TPSA) is 60.1 Å². The summed E-state index contributed by atoms with van der Waals surface area (Å²) in [5.41, 5.74) is 1.85. The first-order valence-corrected chi connectivity index (χ1v) is 6.00. The summed E-state index contributed by atoms with van der Waals surface area (Å²) in [7, 11) is 3.42. The van der Waals surface area contributed by atoms with E-state index in [1.807, 2.05) is 0 Å². The third-order valence-corrected chi connectivity index (χ3v) is 3.33. The number of aryl methyl sites for hydroxylation is 2. The van der Waals surface area contributed by atoms with E-state index >= 15 is 0 Å². The molecular formula is C14H12FN3O2. The predicted molar refractivity (Wildman–Crippen MR) is 72.0 cm³/mol. The van der Waals surface area contributed by atoms with E-state index in [0.717, 1.165) is 10.9 Å². The highest BCUT2D eigenvalue weighted by atomic mass is 19.1. The van der Waals surface area contributed by atoms with Crippen molar-refractivity contribution in [2.24, 2.45) is 14.1 Å². The van der Waals surface area contributed by atoms with Crippen LogP contribution in [0.4, 0.5) is 4.39 Å². The van der Waals surface area contributed by atoms with E-state index in [1.165, 1.54) is 16.8 Å². The van der Waals surface area contributed by atoms with Crippen LogP contribution >= 0.6 is 0 Å². The van der Waals surface area contributed by atoms with Crippen LogP contribution in [0.2, 0.25) is 0 Å². The lowest BCUT2D eigenvalue weighted by Crippen LogP contribution is -1.99. The SMILES string of the molecule is Cn1nc(C(=O)O)cc1-c1cn(C)c2c(F)cccc12. The molecule has 5 nitrogen and oxygen atoms in total. The number of carboxylic acid groups (broad SMARTS) is 1. The number of fused-ring (bicyclic) bond motifs is 1. The van der Waals surface area contributed by atoms with Crippen LogP contribution in [0.5, 0.6) is 0 Å². The third kappa shape index (κ3) is 1.69. The molecule has 0 saturated heterocycles. The van der Waals surface area contributed by atoms with Gasteiger partial charge in [0.1, 0.15) is 5.82 Å². The number of rotatable bonds is 2. The number of hydrogen-bond donors (Lipinski definition) is 1. The number of hydrogen-bond acceptors (Lipinski definition) is 2. The van der Waals surface area contributed by atoms with E-state index in [9.17, 15) is 9.18 Å². The fourth-order valence-corrected chi connectivity index (χ4v) is 2.45. The molecule has 0 atom stereocenters. The molecule has 0 aliphatic carbocycles. The lowest BCUT2D eigenvalue weighted by Gasteiger charge is -1.99. The number of para-hydroxylation sites is 1. The maximum Gasteiger partial charge on any atom is 0.356 e. The van der Waals surface area contributed by atoms with Crippen molar-refractivity contribution >= 4 is 16.9 Å². The number of aromatic nitrogens is 3. The lowest BCUT2D eigenvalue weighted by molar-refractivity contribution is 0.0689. The Labute approximate surface area is 113 Å². The minimum atomic E-state index is -1.08. The van der Waals surface area contributed by atoms with Crippen LogP contribution in [-0.2, 0) is 14.1 Å². The van der Waals surface area contributed by atoms with Gasteiger partial charge in [-0.25, -0.2) is 9.18 Å². The molecule has 20 heavy (non-hydrogen) atoms. The Morgan fingerprint density at radius 2 is 2.10 bits per heavy atom. The van der Waals surface area contributed by atoms with Gasteiger partial charge < -0.3 is 9.67 Å². The molecule has 0 amide bonds. The van der Waals surface area contributed by atoms with Crippen molar-refractivity contribution in [2.45, 2.75) is 0 Å². The number of carboxylic acids is 1. The molecule has 0 spiro atoms. The Kier molecular flexibility index (Phi) is 2.60. The first kappa shape index (κ1) is 12.4. The standard InChI is InChI=1S/C14H12FN3O2/c1-17-7-9(8-4-3-5-10(15)13(8)17)12-6-11(14(19)20)16-18(12)2/h3-7H,1-2H3,(H,19,20). The van der Waals surface area contributed by atoms with Gasteiger partial charge in [0.05, 0.1) is 11.2 Å². The van der Waals surface area contributed by atoms with Gasteiger partial charge in [-0.3, -0.25) is 4.68 Å². The molecule has 0 fully saturated rings. The number of halogens is 1. The molecule has 0 unspecified atom stereocenters. The molecule has 0 bridgehead atoms. The van der Waals surface area contributed by atoms with Gasteiger partial charge in [-0.2, -0.15) is 5.10 Å². The van der Waals surface area contributed by atoms with Crippen molar-refractivity contribution in [1.29, 1.82) is 0 Å². The normalized spacial score (nSPS) is 11.2. The van der Waals surface area contributed by atoms with E-state index < -0.39 is 5.97 Å². The largest absolute Gasteiger partial charge is 0.476 e. The quantitative estimate of drug-likeness (QED) is 0.780. The van der Waals surface area contributed by atoms with Crippen LogP contribution in [0.25, 0.3) is 22.2 Å². The van der Waals surface area contributed by atoms with Gasteiger partial charge in [0.2, 0.25) is 0 Å². The molecular weight excluding hydrogens is 261 g/mol. The summed E-state index contributed by atoms with van der Waals surface area (Å²) in [5.74, 6) is -1.39. The number of aromatic carboxylic acids is 1. The summed E-state index contributed by atoms with van der Waals surface area (Å²) in [6.45, 7) is 0. The van der Waals surface area contributed by atoms with Crippen molar-refractivity contribution in [3.8, 4) is 11.3 Å². The Hall–Kier alpha value is -2.63. The monoisotopic (exact) mass is 273 g/mol. The fraction of sp³-hybridized carbons (Fsp3) is 0.143.